The number of carbonyl (C=O) groups excluding carboxylic acids is 1. The van der Waals surface area contributed by atoms with Crippen LogP contribution in [0.15, 0.2) is 53.7 Å². The van der Waals surface area contributed by atoms with Crippen molar-refractivity contribution >= 4 is 33.3 Å². The van der Waals surface area contributed by atoms with Crippen LogP contribution in [0.1, 0.15) is 43.6 Å². The average molecular weight is 473 g/mol. The molecule has 2 aromatic carbocycles. The maximum atomic E-state index is 12.6. The number of thioether (sulfide) groups is 1. The van der Waals surface area contributed by atoms with Gasteiger partial charge in [0, 0.05) is 23.4 Å². The van der Waals surface area contributed by atoms with Gasteiger partial charge < -0.3 is 4.57 Å². The van der Waals surface area contributed by atoms with Crippen molar-refractivity contribution in [1.29, 1.82) is 0 Å². The third-order valence-electron chi connectivity index (χ3n) is 4.88. The average Bonchev–Trinajstić information content (AvgIpc) is 3.13. The van der Waals surface area contributed by atoms with Gasteiger partial charge in [0.2, 0.25) is 10.0 Å². The van der Waals surface area contributed by atoms with Gasteiger partial charge in [-0.2, -0.15) is 0 Å². The largest absolute Gasteiger partial charge is 0.302 e. The van der Waals surface area contributed by atoms with E-state index in [1.165, 1.54) is 17.3 Å². The number of nitrogens with one attached hydrogen (secondary N) is 1. The van der Waals surface area contributed by atoms with Crippen LogP contribution in [0.2, 0.25) is 0 Å². The van der Waals surface area contributed by atoms with Gasteiger partial charge in [-0.1, -0.05) is 56.8 Å². The molecule has 3 aromatic rings. The number of Topliss-reactive ketones (excluding diaryl/α,β-unsaturated/α-hetero) is 1. The first-order valence-electron chi connectivity index (χ1n) is 10.3. The molecule has 7 nitrogen and oxygen atoms in total. The highest BCUT2D eigenvalue weighted by atomic mass is 32.2. The van der Waals surface area contributed by atoms with E-state index >= 15 is 0 Å². The quantitative estimate of drug-likeness (QED) is 0.380. The van der Waals surface area contributed by atoms with E-state index in [0.29, 0.717) is 23.0 Å². The van der Waals surface area contributed by atoms with Crippen molar-refractivity contribution in [3.8, 4) is 11.4 Å². The molecule has 0 fully saturated rings. The molecular weight excluding hydrogens is 444 g/mol. The second kappa shape index (κ2) is 9.46. The van der Waals surface area contributed by atoms with E-state index in [9.17, 15) is 13.2 Å². The fourth-order valence-corrected chi connectivity index (χ4v) is 4.63. The molecule has 1 N–H and O–H groups in total. The van der Waals surface area contributed by atoms with Crippen LogP contribution in [0.4, 0.5) is 5.69 Å². The van der Waals surface area contributed by atoms with Gasteiger partial charge >= 0.3 is 0 Å². The molecule has 0 bridgehead atoms. The SMILES string of the molecule is CCn1c(SCC(=O)c2ccc(NS(C)(=O)=O)cc2)nnc1-c1ccc(C(C)(C)C)cc1. The summed E-state index contributed by atoms with van der Waals surface area (Å²) < 4.78 is 27.0. The second-order valence-electron chi connectivity index (χ2n) is 8.54. The van der Waals surface area contributed by atoms with E-state index in [4.69, 9.17) is 0 Å². The molecule has 0 amide bonds. The minimum absolute atomic E-state index is 0.0670. The summed E-state index contributed by atoms with van der Waals surface area (Å²) in [6, 6.07) is 14.7. The van der Waals surface area contributed by atoms with Gasteiger partial charge in [-0.25, -0.2) is 8.42 Å². The van der Waals surface area contributed by atoms with Crippen LogP contribution in [-0.2, 0) is 22.0 Å². The summed E-state index contributed by atoms with van der Waals surface area (Å²) >= 11 is 1.34. The predicted molar refractivity (Wildman–Crippen MR) is 130 cm³/mol. The molecule has 0 aliphatic rings. The molecule has 170 valence electrons. The molecule has 1 aromatic heterocycles. The van der Waals surface area contributed by atoms with Crippen LogP contribution in [0.5, 0.6) is 0 Å². The van der Waals surface area contributed by atoms with Crippen LogP contribution in [0, 0.1) is 0 Å². The van der Waals surface area contributed by atoms with E-state index in [0.717, 1.165) is 17.6 Å². The highest BCUT2D eigenvalue weighted by molar-refractivity contribution is 7.99. The van der Waals surface area contributed by atoms with Crippen molar-refractivity contribution in [3.63, 3.8) is 0 Å². The standard InChI is InChI=1S/C23H28N4O3S2/c1-6-27-21(17-7-11-18(12-8-17)23(2,3)4)24-25-22(27)31-15-20(28)16-9-13-19(14-10-16)26-32(5,29)30/h7-14,26H,6,15H2,1-5H3. The van der Waals surface area contributed by atoms with E-state index < -0.39 is 10.0 Å². The maximum absolute atomic E-state index is 12.6. The van der Waals surface area contributed by atoms with Gasteiger partial charge in [0.25, 0.3) is 0 Å². The maximum Gasteiger partial charge on any atom is 0.229 e. The van der Waals surface area contributed by atoms with E-state index in [1.54, 1.807) is 24.3 Å². The van der Waals surface area contributed by atoms with Crippen LogP contribution in [0.3, 0.4) is 0 Å². The number of hydrogen-bond donors (Lipinski definition) is 1. The molecule has 0 radical (unpaired) electrons. The third-order valence-corrected chi connectivity index (χ3v) is 6.46. The predicted octanol–water partition coefficient (Wildman–Crippen LogP) is 4.61. The summed E-state index contributed by atoms with van der Waals surface area (Å²) in [5.41, 5.74) is 3.25. The number of hydrogen-bond acceptors (Lipinski definition) is 6. The molecule has 3 rings (SSSR count). The lowest BCUT2D eigenvalue weighted by Crippen LogP contribution is -2.10. The first kappa shape index (κ1) is 24.0. The molecule has 32 heavy (non-hydrogen) atoms. The van der Waals surface area contributed by atoms with Crippen LogP contribution in [-0.4, -0.2) is 41.0 Å². The van der Waals surface area contributed by atoms with Gasteiger partial charge in [0.05, 0.1) is 12.0 Å². The van der Waals surface area contributed by atoms with Gasteiger partial charge in [-0.15, -0.1) is 10.2 Å². The Kier molecular flexibility index (Phi) is 7.09. The van der Waals surface area contributed by atoms with Crippen LogP contribution in [0.25, 0.3) is 11.4 Å². The highest BCUT2D eigenvalue weighted by Crippen LogP contribution is 2.28. The Bertz CT molecular complexity index is 1190. The molecule has 9 heteroatoms. The Morgan fingerprint density at radius 1 is 1.03 bits per heavy atom. The number of aromatic nitrogens is 3. The Balaban J connectivity index is 1.71. The molecule has 0 saturated heterocycles. The summed E-state index contributed by atoms with van der Waals surface area (Å²) in [6.07, 6.45) is 1.08. The number of benzene rings is 2. The zero-order valence-electron chi connectivity index (χ0n) is 18.9. The van der Waals surface area contributed by atoms with Crippen molar-refractivity contribution in [3.05, 3.63) is 59.7 Å². The molecule has 0 spiro atoms. The second-order valence-corrected chi connectivity index (χ2v) is 11.2. The zero-order valence-corrected chi connectivity index (χ0v) is 20.5. The number of anilines is 1. The molecule has 0 aliphatic heterocycles. The lowest BCUT2D eigenvalue weighted by Gasteiger charge is -2.19. The van der Waals surface area contributed by atoms with E-state index in [-0.39, 0.29) is 17.0 Å². The Hall–Kier alpha value is -2.65. The highest BCUT2D eigenvalue weighted by Gasteiger charge is 2.17. The topological polar surface area (TPSA) is 94.0 Å². The monoisotopic (exact) mass is 472 g/mol. The lowest BCUT2D eigenvalue weighted by atomic mass is 9.87. The summed E-state index contributed by atoms with van der Waals surface area (Å²) in [6.45, 7) is 9.25. The Labute approximate surface area is 193 Å². The third kappa shape index (κ3) is 5.98. The van der Waals surface area contributed by atoms with E-state index in [2.05, 4.69) is 60.0 Å². The van der Waals surface area contributed by atoms with Crippen molar-refractivity contribution < 1.29 is 13.2 Å². The van der Waals surface area contributed by atoms with Crippen LogP contribution >= 0.6 is 11.8 Å². The van der Waals surface area contributed by atoms with Gasteiger partial charge in [0.1, 0.15) is 0 Å². The molecular formula is C23H28N4O3S2. The van der Waals surface area contributed by atoms with Crippen molar-refractivity contribution in [2.24, 2.45) is 0 Å². The number of nitrogens with zero attached hydrogens (tertiary/aromatic N) is 3. The molecule has 1 heterocycles. The first-order valence-corrected chi connectivity index (χ1v) is 13.1. The normalized spacial score (nSPS) is 12.0. The van der Waals surface area contributed by atoms with Crippen molar-refractivity contribution in [1.82, 2.24) is 14.8 Å². The zero-order chi connectivity index (χ0) is 23.5. The molecule has 0 atom stereocenters. The van der Waals surface area contributed by atoms with E-state index in [1.807, 2.05) is 11.5 Å². The summed E-state index contributed by atoms with van der Waals surface area (Å²) in [4.78, 5) is 12.6. The van der Waals surface area contributed by atoms with Gasteiger partial charge in [0.15, 0.2) is 16.8 Å². The smallest absolute Gasteiger partial charge is 0.229 e. The minimum atomic E-state index is -3.35. The number of ketones is 1. The summed E-state index contributed by atoms with van der Waals surface area (Å²) in [5.74, 6) is 0.918. The van der Waals surface area contributed by atoms with Crippen LogP contribution < -0.4 is 4.72 Å². The molecule has 0 saturated carbocycles. The lowest BCUT2D eigenvalue weighted by molar-refractivity contribution is 0.102. The first-order chi connectivity index (χ1) is 15.0. The van der Waals surface area contributed by atoms with Gasteiger partial charge in [-0.3, -0.25) is 9.52 Å². The summed E-state index contributed by atoms with van der Waals surface area (Å²) in [7, 11) is -3.35. The van der Waals surface area contributed by atoms with Crippen molar-refractivity contribution in [2.45, 2.75) is 44.8 Å². The summed E-state index contributed by atoms with van der Waals surface area (Å²) in [5, 5.41) is 9.35. The Morgan fingerprint density at radius 2 is 1.66 bits per heavy atom. The molecule has 0 aliphatic carbocycles. The number of sulfonamides is 1. The minimum Gasteiger partial charge on any atom is -0.302 e. The fourth-order valence-electron chi connectivity index (χ4n) is 3.17. The number of rotatable bonds is 8. The van der Waals surface area contributed by atoms with Crippen molar-refractivity contribution in [2.75, 3.05) is 16.7 Å². The molecule has 0 unspecified atom stereocenters. The fraction of sp³-hybridized carbons (Fsp3) is 0.348. The number of carbonyl (C=O) groups is 1. The Morgan fingerprint density at radius 3 is 2.19 bits per heavy atom. The van der Waals surface area contributed by atoms with Gasteiger partial charge in [-0.05, 0) is 42.2 Å².